The predicted molar refractivity (Wildman–Crippen MR) is 87.5 cm³/mol. The van der Waals surface area contributed by atoms with Crippen molar-refractivity contribution in [3.63, 3.8) is 0 Å². The minimum atomic E-state index is 0.724. The molecule has 0 saturated carbocycles. The molecule has 2 rings (SSSR count). The first-order valence-corrected chi connectivity index (χ1v) is 7.49. The van der Waals surface area contributed by atoms with Gasteiger partial charge in [-0.1, -0.05) is 23.7 Å². The highest BCUT2D eigenvalue weighted by Crippen LogP contribution is 2.29. The average molecular weight is 356 g/mol. The summed E-state index contributed by atoms with van der Waals surface area (Å²) in [6.07, 6.45) is 1.56. The van der Waals surface area contributed by atoms with Crippen LogP contribution in [0.15, 0.2) is 35.1 Å². The fourth-order valence-corrected chi connectivity index (χ4v) is 2.76. The molecule has 1 aromatic carbocycles. The van der Waals surface area contributed by atoms with Crippen molar-refractivity contribution in [3.05, 3.63) is 45.7 Å². The van der Waals surface area contributed by atoms with Gasteiger partial charge >= 0.3 is 0 Å². The Bertz CT molecular complexity index is 591. The molecule has 0 aliphatic heterocycles. The maximum absolute atomic E-state index is 6.01. The van der Waals surface area contributed by atoms with Crippen molar-refractivity contribution in [1.29, 1.82) is 0 Å². The Hall–Kier alpha value is -1.33. The summed E-state index contributed by atoms with van der Waals surface area (Å²) in [5.74, 6) is 1.64. The van der Waals surface area contributed by atoms with Gasteiger partial charge in [-0.25, -0.2) is 9.97 Å². The second-order valence-corrected chi connectivity index (χ2v) is 5.61. The molecule has 1 heterocycles. The summed E-state index contributed by atoms with van der Waals surface area (Å²) in [5.41, 5.74) is 1.13. The third kappa shape index (κ3) is 3.61. The molecular weight excluding hydrogens is 340 g/mol. The number of nitrogens with zero attached hydrogens (tertiary/aromatic N) is 3. The molecule has 0 aliphatic carbocycles. The molecule has 0 unspecified atom stereocenters. The lowest BCUT2D eigenvalue weighted by Gasteiger charge is -2.20. The fraction of sp³-hybridized carbons (Fsp3) is 0.286. The van der Waals surface area contributed by atoms with Gasteiger partial charge in [0.2, 0.25) is 0 Å². The van der Waals surface area contributed by atoms with E-state index in [1.165, 1.54) is 0 Å². The molecule has 0 bridgehead atoms. The van der Waals surface area contributed by atoms with Crippen LogP contribution in [0.1, 0.15) is 12.5 Å². The SMILES string of the molecule is CCNc1ncnc(N(C)Cc2cccc(Cl)c2)c1Br. The summed E-state index contributed by atoms with van der Waals surface area (Å²) >= 11 is 9.56. The lowest BCUT2D eigenvalue weighted by atomic mass is 10.2. The van der Waals surface area contributed by atoms with Gasteiger partial charge in [-0.2, -0.15) is 0 Å². The van der Waals surface area contributed by atoms with Crippen LogP contribution in [0.4, 0.5) is 11.6 Å². The van der Waals surface area contributed by atoms with E-state index in [1.807, 2.05) is 38.2 Å². The van der Waals surface area contributed by atoms with E-state index in [9.17, 15) is 0 Å². The summed E-state index contributed by atoms with van der Waals surface area (Å²) < 4.78 is 0.867. The number of nitrogens with one attached hydrogen (secondary N) is 1. The summed E-state index contributed by atoms with van der Waals surface area (Å²) in [6.45, 7) is 3.57. The highest BCUT2D eigenvalue weighted by atomic mass is 79.9. The molecule has 20 heavy (non-hydrogen) atoms. The van der Waals surface area contributed by atoms with Crippen LogP contribution >= 0.6 is 27.5 Å². The Balaban J connectivity index is 2.21. The van der Waals surface area contributed by atoms with Gasteiger partial charge in [-0.3, -0.25) is 0 Å². The topological polar surface area (TPSA) is 41.1 Å². The van der Waals surface area contributed by atoms with E-state index in [4.69, 9.17) is 11.6 Å². The van der Waals surface area contributed by atoms with Crippen LogP contribution in [0.5, 0.6) is 0 Å². The summed E-state index contributed by atoms with van der Waals surface area (Å²) in [7, 11) is 1.99. The minimum Gasteiger partial charge on any atom is -0.369 e. The number of rotatable bonds is 5. The van der Waals surface area contributed by atoms with Crippen molar-refractivity contribution in [2.45, 2.75) is 13.5 Å². The standard InChI is InChI=1S/C14H16BrClN4/c1-3-17-13-12(15)14(19-9-18-13)20(2)8-10-5-4-6-11(16)7-10/h4-7,9H,3,8H2,1-2H3,(H,17,18,19). The number of aromatic nitrogens is 2. The van der Waals surface area contributed by atoms with Crippen LogP contribution in [-0.4, -0.2) is 23.6 Å². The van der Waals surface area contributed by atoms with Crippen LogP contribution < -0.4 is 10.2 Å². The predicted octanol–water partition coefficient (Wildman–Crippen LogP) is 3.96. The van der Waals surface area contributed by atoms with Gasteiger partial charge in [-0.05, 0) is 40.5 Å². The van der Waals surface area contributed by atoms with E-state index in [1.54, 1.807) is 6.33 Å². The zero-order chi connectivity index (χ0) is 14.5. The molecule has 2 aromatic rings. The molecule has 0 spiro atoms. The number of anilines is 2. The van der Waals surface area contributed by atoms with E-state index >= 15 is 0 Å². The van der Waals surface area contributed by atoms with Crippen LogP contribution in [0.25, 0.3) is 0 Å². The number of benzene rings is 1. The summed E-state index contributed by atoms with van der Waals surface area (Å²) in [6, 6.07) is 7.82. The second kappa shape index (κ2) is 6.90. The monoisotopic (exact) mass is 354 g/mol. The first kappa shape index (κ1) is 15.1. The number of hydrogen-bond acceptors (Lipinski definition) is 4. The second-order valence-electron chi connectivity index (χ2n) is 4.38. The average Bonchev–Trinajstić information content (AvgIpc) is 2.41. The normalized spacial score (nSPS) is 10.4. The van der Waals surface area contributed by atoms with Gasteiger partial charge in [0, 0.05) is 25.2 Å². The largest absolute Gasteiger partial charge is 0.369 e. The van der Waals surface area contributed by atoms with Gasteiger partial charge in [0.15, 0.2) is 0 Å². The molecule has 0 amide bonds. The first-order chi connectivity index (χ1) is 9.61. The van der Waals surface area contributed by atoms with Crippen LogP contribution in [0, 0.1) is 0 Å². The Morgan fingerprint density at radius 1 is 1.35 bits per heavy atom. The number of hydrogen-bond donors (Lipinski definition) is 1. The van der Waals surface area contributed by atoms with Crippen LogP contribution in [-0.2, 0) is 6.54 Å². The Morgan fingerprint density at radius 2 is 2.15 bits per heavy atom. The molecule has 0 fully saturated rings. The van der Waals surface area contributed by atoms with Crippen molar-refractivity contribution in [2.75, 3.05) is 23.8 Å². The first-order valence-electron chi connectivity index (χ1n) is 6.31. The zero-order valence-electron chi connectivity index (χ0n) is 11.4. The van der Waals surface area contributed by atoms with E-state index in [-0.39, 0.29) is 0 Å². The quantitative estimate of drug-likeness (QED) is 0.881. The fourth-order valence-electron chi connectivity index (χ4n) is 1.90. The zero-order valence-corrected chi connectivity index (χ0v) is 13.7. The third-order valence-electron chi connectivity index (χ3n) is 2.79. The molecule has 0 saturated heterocycles. The van der Waals surface area contributed by atoms with Gasteiger partial charge in [0.1, 0.15) is 22.4 Å². The molecule has 6 heteroatoms. The van der Waals surface area contributed by atoms with Gasteiger partial charge in [0.25, 0.3) is 0 Å². The Morgan fingerprint density at radius 3 is 2.85 bits per heavy atom. The summed E-state index contributed by atoms with van der Waals surface area (Å²) in [4.78, 5) is 10.6. The van der Waals surface area contributed by atoms with Crippen molar-refractivity contribution in [2.24, 2.45) is 0 Å². The van der Waals surface area contributed by atoms with E-state index < -0.39 is 0 Å². The maximum Gasteiger partial charge on any atom is 0.148 e. The van der Waals surface area contributed by atoms with Crippen LogP contribution in [0.3, 0.4) is 0 Å². The van der Waals surface area contributed by atoms with Crippen molar-refractivity contribution >= 4 is 39.2 Å². The van der Waals surface area contributed by atoms with Gasteiger partial charge in [0.05, 0.1) is 0 Å². The minimum absolute atomic E-state index is 0.724. The highest BCUT2D eigenvalue weighted by Gasteiger charge is 2.12. The highest BCUT2D eigenvalue weighted by molar-refractivity contribution is 9.10. The molecule has 106 valence electrons. The molecule has 0 aliphatic rings. The lowest BCUT2D eigenvalue weighted by Crippen LogP contribution is -2.19. The molecule has 0 radical (unpaired) electrons. The molecule has 0 atom stereocenters. The smallest absolute Gasteiger partial charge is 0.148 e. The van der Waals surface area contributed by atoms with E-state index in [2.05, 4.69) is 36.1 Å². The van der Waals surface area contributed by atoms with E-state index in [0.717, 1.165) is 39.8 Å². The molecular formula is C14H16BrClN4. The van der Waals surface area contributed by atoms with Crippen molar-refractivity contribution in [3.8, 4) is 0 Å². The Kier molecular flexibility index (Phi) is 5.20. The third-order valence-corrected chi connectivity index (χ3v) is 3.75. The van der Waals surface area contributed by atoms with E-state index in [0.29, 0.717) is 0 Å². The summed E-state index contributed by atoms with van der Waals surface area (Å²) in [5, 5.41) is 3.94. The van der Waals surface area contributed by atoms with Crippen molar-refractivity contribution in [1.82, 2.24) is 9.97 Å². The van der Waals surface area contributed by atoms with Crippen molar-refractivity contribution < 1.29 is 0 Å². The van der Waals surface area contributed by atoms with Gasteiger partial charge in [-0.15, -0.1) is 0 Å². The lowest BCUT2D eigenvalue weighted by molar-refractivity contribution is 0.885. The number of halogens is 2. The molecule has 1 N–H and O–H groups in total. The van der Waals surface area contributed by atoms with Gasteiger partial charge < -0.3 is 10.2 Å². The molecule has 1 aromatic heterocycles. The van der Waals surface area contributed by atoms with Crippen LogP contribution in [0.2, 0.25) is 5.02 Å². The Labute approximate surface area is 132 Å². The maximum atomic E-state index is 6.01. The molecule has 4 nitrogen and oxygen atoms in total.